The minimum Gasteiger partial charge on any atom is -0.399 e. The van der Waals surface area contributed by atoms with E-state index >= 15 is 0 Å². The van der Waals surface area contributed by atoms with Crippen molar-refractivity contribution in [3.8, 4) is 79.5 Å². The quantitative estimate of drug-likeness (QED) is 0.133. The van der Waals surface area contributed by atoms with Gasteiger partial charge in [-0.3, -0.25) is 8.80 Å². The highest BCUT2D eigenvalue weighted by Crippen LogP contribution is 2.39. The summed E-state index contributed by atoms with van der Waals surface area (Å²) in [5.74, 6) is 5.25. The topological polar surface area (TPSA) is 156 Å². The first-order valence-electron chi connectivity index (χ1n) is 29.2. The van der Waals surface area contributed by atoms with Gasteiger partial charge in [-0.2, -0.15) is 0 Å². The van der Waals surface area contributed by atoms with Gasteiger partial charge in [-0.15, -0.1) is 22.7 Å². The molecule has 0 bridgehead atoms. The van der Waals surface area contributed by atoms with Gasteiger partial charge in [0, 0.05) is 83.9 Å². The molecule has 17 rings (SSSR count). The molecule has 16 aromatic rings. The van der Waals surface area contributed by atoms with Crippen LogP contribution in [0.4, 0.5) is 0 Å². The fraction of sp³-hybridized carbons (Fsp3) is 0.0833. The number of rotatable bonds is 8. The molecule has 8 aromatic heterocycles. The molecule has 0 saturated carbocycles. The molecule has 90 heavy (non-hydrogen) atoms. The van der Waals surface area contributed by atoms with E-state index in [1.165, 1.54) is 14.8 Å². The molecule has 18 heteroatoms. The first-order chi connectivity index (χ1) is 43.9. The Balaban J connectivity index is 0.000000121. The Morgan fingerprint density at radius 3 is 1.20 bits per heavy atom. The number of thiophene rings is 2. The maximum Gasteiger partial charge on any atom is 0.494 e. The zero-order chi connectivity index (χ0) is 60.9. The van der Waals surface area contributed by atoms with Crippen LogP contribution < -0.4 is 5.46 Å². The second kappa shape index (κ2) is 23.5. The van der Waals surface area contributed by atoms with Gasteiger partial charge in [0.05, 0.1) is 15.7 Å². The van der Waals surface area contributed by atoms with Gasteiger partial charge in [-0.1, -0.05) is 200 Å². The number of benzene rings is 8. The summed E-state index contributed by atoms with van der Waals surface area (Å²) in [4.78, 5) is 49.7. The van der Waals surface area contributed by atoms with Crippen molar-refractivity contribution in [2.75, 3.05) is 0 Å². The van der Waals surface area contributed by atoms with E-state index in [1.807, 2.05) is 181 Å². The smallest absolute Gasteiger partial charge is 0.399 e. The molecule has 0 amide bonds. The monoisotopic (exact) mass is 1270 g/mol. The number of imidazole rings is 2. The minimum absolute atomic E-state index is 0.401. The van der Waals surface area contributed by atoms with Gasteiger partial charge in [0.2, 0.25) is 11.6 Å². The van der Waals surface area contributed by atoms with E-state index in [4.69, 9.17) is 49.2 Å². The lowest BCUT2D eigenvalue weighted by Crippen LogP contribution is -2.41. The molecule has 1 fully saturated rings. The third-order valence-electron chi connectivity index (χ3n) is 16.1. The van der Waals surface area contributed by atoms with E-state index in [-0.39, 0.29) is 0 Å². The largest absolute Gasteiger partial charge is 0.494 e. The van der Waals surface area contributed by atoms with Gasteiger partial charge in [-0.25, -0.2) is 49.8 Å². The van der Waals surface area contributed by atoms with Crippen molar-refractivity contribution in [3.63, 3.8) is 0 Å². The zero-order valence-corrected chi connectivity index (χ0v) is 52.3. The zero-order valence-electron chi connectivity index (χ0n) is 49.0. The Hall–Kier alpha value is -10.1. The first-order valence-corrected chi connectivity index (χ1v) is 31.6. The van der Waals surface area contributed by atoms with Gasteiger partial charge >= 0.3 is 7.12 Å². The number of aromatic nitrogens is 12. The summed E-state index contributed by atoms with van der Waals surface area (Å²) < 4.78 is 20.1. The third-order valence-corrected chi connectivity index (χ3v) is 18.8. The van der Waals surface area contributed by atoms with Gasteiger partial charge in [0.15, 0.2) is 34.9 Å². The average molecular weight is 1270 g/mol. The van der Waals surface area contributed by atoms with Crippen molar-refractivity contribution >= 4 is 104 Å². The van der Waals surface area contributed by atoms with Gasteiger partial charge < -0.3 is 9.31 Å². The van der Waals surface area contributed by atoms with Crippen LogP contribution in [-0.4, -0.2) is 77.0 Å². The molecule has 0 atom stereocenters. The summed E-state index contributed by atoms with van der Waals surface area (Å²) in [6.07, 6.45) is 7.77. The lowest BCUT2D eigenvalue weighted by Gasteiger charge is -2.32. The SMILES string of the molecule is Brc1cnc2nc3c4ccccc4sc3n2c1.CC1(C)OB(c2cccc(-c3nc(-c4ccccc4)nc(-c4ccccc4)n3)c2)OC1(C)C.c1ccc(-c2nc(-c3ccccc3)nc(-c3cccc(-c4cnc5nc6c7ccccc7sc6n5c4)c3)n2)cc1. The Bertz CT molecular complexity index is 5190. The fourth-order valence-electron chi connectivity index (χ4n) is 10.7. The van der Waals surface area contributed by atoms with Crippen LogP contribution in [0.15, 0.2) is 248 Å². The fourth-order valence-corrected chi connectivity index (χ4v) is 13.3. The molecule has 1 saturated heterocycles. The maximum atomic E-state index is 6.25. The standard InChI is InChI=1S/C33H20N6S.C27H26BN3O2.C12H6BrN3S/c1-3-10-21(11-4-1)29-36-30(22-12-5-2-6-13-22)38-31(37-29)24-15-9-14-23(18-24)25-19-34-33-35-28-26-16-7-8-17-27(26)40-32(28)39(33)20-25;1-26(2)27(3,4)33-28(32-26)22-17-11-16-21(18-22)25-30-23(19-12-7-5-8-13-19)29-24(31-25)20-14-9-6-10-15-20;13-7-5-14-12-15-10-8-3-1-2-4-9(8)17-11(10)16(12)6-7/h1-20H;5-18H,1-4H3;1-6H. The van der Waals surface area contributed by atoms with Crippen LogP contribution in [0.1, 0.15) is 27.7 Å². The van der Waals surface area contributed by atoms with Crippen LogP contribution in [0.25, 0.3) is 132 Å². The van der Waals surface area contributed by atoms with Crippen LogP contribution in [0.2, 0.25) is 0 Å². The van der Waals surface area contributed by atoms with Crippen molar-refractivity contribution in [2.45, 2.75) is 38.9 Å². The molecule has 1 aliphatic heterocycles. The highest BCUT2D eigenvalue weighted by atomic mass is 79.9. The summed E-state index contributed by atoms with van der Waals surface area (Å²) in [5.41, 5.74) is 9.76. The number of halogens is 1. The summed E-state index contributed by atoms with van der Waals surface area (Å²) in [6, 6.07) is 73.0. The Morgan fingerprint density at radius 1 is 0.367 bits per heavy atom. The van der Waals surface area contributed by atoms with E-state index in [1.54, 1.807) is 28.9 Å². The summed E-state index contributed by atoms with van der Waals surface area (Å²) in [6.45, 7) is 8.23. The Morgan fingerprint density at radius 2 is 0.733 bits per heavy atom. The second-order valence-corrected chi connectivity index (χ2v) is 25.5. The van der Waals surface area contributed by atoms with Gasteiger partial charge in [0.1, 0.15) is 20.7 Å². The van der Waals surface area contributed by atoms with Crippen molar-refractivity contribution in [2.24, 2.45) is 0 Å². The van der Waals surface area contributed by atoms with Crippen LogP contribution in [-0.2, 0) is 9.31 Å². The predicted octanol–water partition coefficient (Wildman–Crippen LogP) is 17.0. The number of hydrogen-bond acceptors (Lipinski definition) is 14. The Labute approximate surface area is 534 Å². The molecule has 0 unspecified atom stereocenters. The van der Waals surface area contributed by atoms with E-state index in [0.29, 0.717) is 40.7 Å². The molecule has 0 N–H and O–H groups in total. The van der Waals surface area contributed by atoms with Crippen LogP contribution in [0, 0.1) is 0 Å². The van der Waals surface area contributed by atoms with Gasteiger partial charge in [-0.05, 0) is 72.9 Å². The summed E-state index contributed by atoms with van der Waals surface area (Å²) in [5, 5.41) is 2.36. The predicted molar refractivity (Wildman–Crippen MR) is 366 cm³/mol. The summed E-state index contributed by atoms with van der Waals surface area (Å²) in [7, 11) is -0.445. The van der Waals surface area contributed by atoms with E-state index in [0.717, 1.165) is 86.3 Å². The van der Waals surface area contributed by atoms with Crippen LogP contribution >= 0.6 is 38.6 Å². The molecule has 14 nitrogen and oxygen atoms in total. The molecule has 8 aromatic carbocycles. The number of nitrogens with zero attached hydrogens (tertiary/aromatic N) is 12. The van der Waals surface area contributed by atoms with Crippen molar-refractivity contribution in [3.05, 3.63) is 248 Å². The van der Waals surface area contributed by atoms with E-state index in [2.05, 4.69) is 119 Å². The highest BCUT2D eigenvalue weighted by Gasteiger charge is 2.51. The molecular weight excluding hydrogens is 1220 g/mol. The van der Waals surface area contributed by atoms with Crippen molar-refractivity contribution < 1.29 is 9.31 Å². The second-order valence-electron chi connectivity index (χ2n) is 22.6. The lowest BCUT2D eigenvalue weighted by atomic mass is 9.78. The molecule has 0 radical (unpaired) electrons. The van der Waals surface area contributed by atoms with E-state index < -0.39 is 18.3 Å². The summed E-state index contributed by atoms with van der Waals surface area (Å²) >= 11 is 6.92. The van der Waals surface area contributed by atoms with E-state index in [9.17, 15) is 0 Å². The average Bonchev–Trinajstić information content (AvgIpc) is 2.08. The molecule has 9 heterocycles. The Kier molecular flexibility index (Phi) is 14.7. The maximum absolute atomic E-state index is 6.25. The molecule has 0 spiro atoms. The third kappa shape index (κ3) is 11.0. The van der Waals surface area contributed by atoms with Crippen molar-refractivity contribution in [1.29, 1.82) is 0 Å². The minimum atomic E-state index is -0.445. The first kappa shape index (κ1) is 56.4. The molecule has 1 aliphatic rings. The lowest BCUT2D eigenvalue weighted by molar-refractivity contribution is 0.00578. The van der Waals surface area contributed by atoms with Crippen LogP contribution in [0.5, 0.6) is 0 Å². The normalized spacial score (nSPS) is 13.5. The molecule has 0 aliphatic carbocycles. The molecular formula is C72H52BBrN12O2S2. The highest BCUT2D eigenvalue weighted by molar-refractivity contribution is 9.10. The van der Waals surface area contributed by atoms with Gasteiger partial charge in [0.25, 0.3) is 0 Å². The van der Waals surface area contributed by atoms with Crippen molar-refractivity contribution in [1.82, 2.24) is 58.6 Å². The molecule has 434 valence electrons. The number of hydrogen-bond donors (Lipinski definition) is 0. The number of fused-ring (bicyclic) bond motifs is 10. The van der Waals surface area contributed by atoms with Crippen LogP contribution in [0.3, 0.4) is 0 Å².